The van der Waals surface area contributed by atoms with Crippen LogP contribution in [0, 0.1) is 0 Å². The van der Waals surface area contributed by atoms with Crippen molar-refractivity contribution in [3.8, 4) is 44.5 Å². The summed E-state index contributed by atoms with van der Waals surface area (Å²) in [4.78, 5) is 0. The lowest BCUT2D eigenvalue weighted by Crippen LogP contribution is -2.50. The summed E-state index contributed by atoms with van der Waals surface area (Å²) in [6.45, 7) is 0. The van der Waals surface area contributed by atoms with Crippen LogP contribution in [0.1, 0.15) is 0 Å². The Bertz CT molecular complexity index is 2870. The molecular weight excluding hydrogens is 631 g/mol. The standard InChI is InChI=1S/C44H20B8O/c45-37-33-30(22-11-5-2-6-12-22)34-36(40(48)44(52)42(50)38(34)46)31(35(33)39(47)43(51)41(37)49)24-17-15-23(16-18-24)29-25(21-9-3-1-4-10-21)19-20-28-32(29)26-13-7-8-14-27(26)53-28/h1-20H. The van der Waals surface area contributed by atoms with E-state index in [4.69, 9.17) is 67.2 Å². The molecule has 0 aliphatic carbocycles. The van der Waals surface area contributed by atoms with Gasteiger partial charge < -0.3 is 4.42 Å². The first-order chi connectivity index (χ1) is 25.7. The lowest BCUT2D eigenvalue weighted by molar-refractivity contribution is 0.669. The first kappa shape index (κ1) is 33.4. The van der Waals surface area contributed by atoms with Crippen LogP contribution in [0.15, 0.2) is 126 Å². The second-order valence-corrected chi connectivity index (χ2v) is 13.3. The predicted octanol–water partition coefficient (Wildman–Crippen LogP) is 2.91. The highest BCUT2D eigenvalue weighted by atomic mass is 16.3. The van der Waals surface area contributed by atoms with Crippen molar-refractivity contribution in [3.05, 3.63) is 121 Å². The van der Waals surface area contributed by atoms with Crippen LogP contribution in [-0.2, 0) is 0 Å². The van der Waals surface area contributed by atoms with Gasteiger partial charge in [-0.25, -0.2) is 0 Å². The van der Waals surface area contributed by atoms with E-state index in [0.29, 0.717) is 32.7 Å². The Morgan fingerprint density at radius 3 is 1.17 bits per heavy atom. The molecule has 0 saturated carbocycles. The molecule has 0 N–H and O–H groups in total. The summed E-state index contributed by atoms with van der Waals surface area (Å²) in [6, 6.07) is 40.5. The molecule has 9 heteroatoms. The van der Waals surface area contributed by atoms with Gasteiger partial charge in [0.1, 0.15) is 73.9 Å². The molecule has 0 amide bonds. The van der Waals surface area contributed by atoms with E-state index in [1.165, 1.54) is 0 Å². The minimum Gasteiger partial charge on any atom is -0.456 e. The van der Waals surface area contributed by atoms with E-state index in [-0.39, 0.29) is 43.7 Å². The highest BCUT2D eigenvalue weighted by Gasteiger charge is 2.25. The van der Waals surface area contributed by atoms with E-state index in [2.05, 4.69) is 36.4 Å². The summed E-state index contributed by atoms with van der Waals surface area (Å²) < 4.78 is 6.34. The minimum atomic E-state index is 0.173. The molecule has 0 bridgehead atoms. The Morgan fingerprint density at radius 1 is 0.283 bits per heavy atom. The molecule has 0 unspecified atom stereocenters. The van der Waals surface area contributed by atoms with Crippen LogP contribution in [0.5, 0.6) is 0 Å². The fourth-order valence-electron chi connectivity index (χ4n) is 7.91. The summed E-state index contributed by atoms with van der Waals surface area (Å²) in [5, 5.41) is 4.39. The van der Waals surface area contributed by atoms with Crippen LogP contribution in [-0.4, -0.2) is 62.8 Å². The number of hydrogen-bond acceptors (Lipinski definition) is 1. The average Bonchev–Trinajstić information content (AvgIpc) is 3.58. The summed E-state index contributed by atoms with van der Waals surface area (Å²) in [6.07, 6.45) is 0. The number of furan rings is 1. The van der Waals surface area contributed by atoms with Gasteiger partial charge in [-0.1, -0.05) is 131 Å². The highest BCUT2D eigenvalue weighted by Crippen LogP contribution is 2.45. The Kier molecular flexibility index (Phi) is 7.97. The van der Waals surface area contributed by atoms with Crippen LogP contribution in [0.3, 0.4) is 0 Å². The number of para-hydroxylation sites is 1. The number of hydrogen-bond donors (Lipinski definition) is 0. The van der Waals surface area contributed by atoms with Gasteiger partial charge in [-0.3, -0.25) is 0 Å². The van der Waals surface area contributed by atoms with Crippen LogP contribution in [0.2, 0.25) is 0 Å². The molecule has 1 heterocycles. The van der Waals surface area contributed by atoms with E-state index in [9.17, 15) is 0 Å². The van der Waals surface area contributed by atoms with Crippen LogP contribution >= 0.6 is 0 Å². The van der Waals surface area contributed by atoms with Crippen molar-refractivity contribution >= 4 is 150 Å². The second-order valence-electron chi connectivity index (χ2n) is 13.3. The largest absolute Gasteiger partial charge is 0.456 e. The summed E-state index contributed by atoms with van der Waals surface area (Å²) in [5.41, 5.74) is 10.5. The van der Waals surface area contributed by atoms with Crippen LogP contribution in [0.25, 0.3) is 88.0 Å². The molecule has 0 fully saturated rings. The van der Waals surface area contributed by atoms with E-state index < -0.39 is 0 Å². The molecule has 0 aliphatic rings. The van der Waals surface area contributed by atoms with Gasteiger partial charge in [0.25, 0.3) is 0 Å². The van der Waals surface area contributed by atoms with Gasteiger partial charge in [0.2, 0.25) is 0 Å². The van der Waals surface area contributed by atoms with Gasteiger partial charge in [0.05, 0.1) is 0 Å². The van der Waals surface area contributed by atoms with Crippen LogP contribution in [0.4, 0.5) is 0 Å². The van der Waals surface area contributed by atoms with Crippen molar-refractivity contribution in [2.75, 3.05) is 0 Å². The minimum absolute atomic E-state index is 0.173. The molecule has 226 valence electrons. The summed E-state index contributed by atoms with van der Waals surface area (Å²) in [7, 11) is 53.8. The monoisotopic (exact) mass is 652 g/mol. The van der Waals surface area contributed by atoms with Gasteiger partial charge in [-0.2, -0.15) is 0 Å². The zero-order valence-electron chi connectivity index (χ0n) is 28.6. The topological polar surface area (TPSA) is 13.1 Å². The van der Waals surface area contributed by atoms with Gasteiger partial charge in [-0.15, -0.1) is 21.9 Å². The molecule has 0 aliphatic heterocycles. The Hall–Kier alpha value is -5.40. The molecule has 0 saturated heterocycles. The highest BCUT2D eigenvalue weighted by molar-refractivity contribution is 6.71. The molecule has 9 rings (SSSR count). The SMILES string of the molecule is [B]c1c([B])c([B])c2c(-c3ccc(-c4c(-c5ccccc5)ccc5oc6ccccc6c45)cc3)c3c([B])c([B])c([B])c([B])c3c(-c3ccccc3)c2c1[B]. The van der Waals surface area contributed by atoms with Gasteiger partial charge in [0, 0.05) is 16.3 Å². The van der Waals surface area contributed by atoms with Crippen molar-refractivity contribution in [3.63, 3.8) is 0 Å². The summed E-state index contributed by atoms with van der Waals surface area (Å²) >= 11 is 0. The maximum Gasteiger partial charge on any atom is 0.136 e. The van der Waals surface area contributed by atoms with Crippen LogP contribution < -0.4 is 43.7 Å². The van der Waals surface area contributed by atoms with Crippen molar-refractivity contribution in [2.45, 2.75) is 0 Å². The zero-order valence-corrected chi connectivity index (χ0v) is 28.6. The molecular formula is C44H20B8O. The quantitative estimate of drug-likeness (QED) is 0.211. The van der Waals surface area contributed by atoms with E-state index >= 15 is 0 Å². The third kappa shape index (κ3) is 4.97. The Balaban J connectivity index is 1.41. The van der Waals surface area contributed by atoms with Gasteiger partial charge in [0.15, 0.2) is 0 Å². The maximum atomic E-state index is 6.93. The third-order valence-corrected chi connectivity index (χ3v) is 10.5. The van der Waals surface area contributed by atoms with Gasteiger partial charge in [-0.05, 0) is 72.6 Å². The Morgan fingerprint density at radius 2 is 0.679 bits per heavy atom. The molecule has 0 atom stereocenters. The maximum absolute atomic E-state index is 6.93. The van der Waals surface area contributed by atoms with E-state index in [0.717, 1.165) is 55.3 Å². The molecule has 9 aromatic rings. The fourth-order valence-corrected chi connectivity index (χ4v) is 7.91. The van der Waals surface area contributed by atoms with Crippen molar-refractivity contribution in [2.24, 2.45) is 0 Å². The fraction of sp³-hybridized carbons (Fsp3) is 0. The lowest BCUT2D eigenvalue weighted by Gasteiger charge is -2.28. The molecule has 53 heavy (non-hydrogen) atoms. The average molecular weight is 651 g/mol. The molecule has 1 nitrogen and oxygen atoms in total. The first-order valence-corrected chi connectivity index (χ1v) is 17.1. The van der Waals surface area contributed by atoms with E-state index in [1.807, 2.05) is 84.9 Å². The molecule has 16 radical (unpaired) electrons. The van der Waals surface area contributed by atoms with Crippen molar-refractivity contribution in [1.82, 2.24) is 0 Å². The molecule has 1 aromatic heterocycles. The molecule has 8 aromatic carbocycles. The third-order valence-electron chi connectivity index (χ3n) is 10.5. The Labute approximate surface area is 318 Å². The molecule has 0 spiro atoms. The lowest BCUT2D eigenvalue weighted by atomic mass is 9.59. The van der Waals surface area contributed by atoms with Crippen molar-refractivity contribution in [1.29, 1.82) is 0 Å². The number of benzene rings is 8. The number of rotatable bonds is 4. The zero-order chi connectivity index (χ0) is 36.7. The van der Waals surface area contributed by atoms with Crippen molar-refractivity contribution < 1.29 is 4.42 Å². The first-order valence-electron chi connectivity index (χ1n) is 17.1. The smallest absolute Gasteiger partial charge is 0.136 e. The predicted molar refractivity (Wildman–Crippen MR) is 234 cm³/mol. The normalized spacial score (nSPS) is 11.6. The van der Waals surface area contributed by atoms with Gasteiger partial charge >= 0.3 is 0 Å². The number of fused-ring (bicyclic) bond motifs is 5. The summed E-state index contributed by atoms with van der Waals surface area (Å²) in [5.74, 6) is 0. The second kappa shape index (κ2) is 12.6. The van der Waals surface area contributed by atoms with E-state index in [1.54, 1.807) is 0 Å².